The molecule has 0 radical (unpaired) electrons. The summed E-state index contributed by atoms with van der Waals surface area (Å²) in [5.74, 6) is 0. The number of rotatable bonds is 4. The maximum Gasteiger partial charge on any atom is 0.0748 e. The zero-order chi connectivity index (χ0) is 55.5. The average Bonchev–Trinajstić information content (AvgIpc) is 1.59. The quantitative estimate of drug-likeness (QED) is 0.173. The van der Waals surface area contributed by atoms with Gasteiger partial charge in [-0.05, 0) is 126 Å². The van der Waals surface area contributed by atoms with E-state index in [-0.39, 0.29) is 10.8 Å². The van der Waals surface area contributed by atoms with Gasteiger partial charge in [0.15, 0.2) is 0 Å². The fraction of sp³-hybridized carbons (Fsp3) is 0.100. The first-order valence-electron chi connectivity index (χ1n) is 29.1. The Hall–Kier alpha value is -9.76. The van der Waals surface area contributed by atoms with E-state index in [9.17, 15) is 0 Å². The summed E-state index contributed by atoms with van der Waals surface area (Å²) < 4.78 is 0. The van der Waals surface area contributed by atoms with Crippen molar-refractivity contribution in [1.82, 2.24) is 0 Å². The molecule has 2 nitrogen and oxygen atoms in total. The summed E-state index contributed by atoms with van der Waals surface area (Å²) in [5.41, 5.74) is 24.4. The van der Waals surface area contributed by atoms with Gasteiger partial charge in [0.05, 0.1) is 39.0 Å². The molecule has 0 saturated carbocycles. The predicted molar refractivity (Wildman–Crippen MR) is 341 cm³/mol. The Kier molecular flexibility index (Phi) is 12.4. The largest absolute Gasteiger partial charge is 0.310 e. The van der Waals surface area contributed by atoms with Gasteiger partial charge in [-0.2, -0.15) is 0 Å². The van der Waals surface area contributed by atoms with Crippen molar-refractivity contribution >= 4 is 34.1 Å². The Morgan fingerprint density at radius 1 is 0.195 bits per heavy atom. The highest BCUT2D eigenvalue weighted by atomic mass is 15.2. The van der Waals surface area contributed by atoms with Gasteiger partial charge in [-0.25, -0.2) is 0 Å². The van der Waals surface area contributed by atoms with Crippen molar-refractivity contribution in [2.24, 2.45) is 0 Å². The highest BCUT2D eigenvalue weighted by Gasteiger charge is 2.57. The molecule has 0 amide bonds. The molecule has 2 spiro atoms. The highest BCUT2D eigenvalue weighted by molar-refractivity contribution is 5.93. The van der Waals surface area contributed by atoms with Gasteiger partial charge in [0.2, 0.25) is 0 Å². The molecule has 12 aromatic rings. The molecule has 0 bridgehead atoms. The normalized spacial score (nSPS) is 15.2. The molecule has 2 aliphatic heterocycles. The van der Waals surface area contributed by atoms with Crippen molar-refractivity contribution < 1.29 is 0 Å². The van der Waals surface area contributed by atoms with Crippen LogP contribution in [-0.2, 0) is 21.7 Å². The molecule has 2 heterocycles. The highest BCUT2D eigenvalue weighted by Crippen LogP contribution is 2.66. The lowest BCUT2D eigenvalue weighted by atomic mass is 9.50. The average molecular weight is 1050 g/mol. The molecule has 2 heteroatoms. The molecule has 0 unspecified atom stereocenters. The lowest BCUT2D eigenvalue weighted by Crippen LogP contribution is -2.47. The van der Waals surface area contributed by atoms with Crippen LogP contribution in [0.25, 0.3) is 0 Å². The number of benzene rings is 12. The van der Waals surface area contributed by atoms with Gasteiger partial charge < -0.3 is 9.80 Å². The van der Waals surface area contributed by atoms with Gasteiger partial charge in [-0.1, -0.05) is 295 Å². The topological polar surface area (TPSA) is 6.48 Å². The molecule has 16 rings (SSSR count). The monoisotopic (exact) mass is 1050 g/mol. The second-order valence-corrected chi connectivity index (χ2v) is 22.2. The molecule has 394 valence electrons. The smallest absolute Gasteiger partial charge is 0.0748 e. The number of para-hydroxylation sites is 6. The van der Waals surface area contributed by atoms with E-state index >= 15 is 0 Å². The molecule has 12 aromatic carbocycles. The van der Waals surface area contributed by atoms with Crippen LogP contribution in [0.5, 0.6) is 0 Å². The molecule has 0 aromatic heterocycles. The van der Waals surface area contributed by atoms with Crippen molar-refractivity contribution in [3.63, 3.8) is 0 Å². The number of hydrogen-bond donors (Lipinski definition) is 0. The van der Waals surface area contributed by atoms with Crippen LogP contribution in [-0.4, -0.2) is 0 Å². The second-order valence-electron chi connectivity index (χ2n) is 22.2. The third-order valence-electron chi connectivity index (χ3n) is 18.1. The summed E-state index contributed by atoms with van der Waals surface area (Å²) in [7, 11) is 0. The fourth-order valence-corrected chi connectivity index (χ4v) is 15.1. The lowest BCUT2D eigenvalue weighted by molar-refractivity contribution is 0.556. The van der Waals surface area contributed by atoms with E-state index in [1.54, 1.807) is 0 Å². The lowest BCUT2D eigenvalue weighted by Gasteiger charge is -2.54. The molecule has 2 aliphatic carbocycles. The molecule has 0 saturated heterocycles. The van der Waals surface area contributed by atoms with Gasteiger partial charge in [0, 0.05) is 16.8 Å². The van der Waals surface area contributed by atoms with Crippen molar-refractivity contribution in [1.29, 1.82) is 0 Å². The van der Waals surface area contributed by atoms with Crippen LogP contribution >= 0.6 is 0 Å². The van der Waals surface area contributed by atoms with Crippen molar-refractivity contribution in [2.75, 3.05) is 9.80 Å². The van der Waals surface area contributed by atoms with E-state index in [1.807, 2.05) is 13.8 Å². The van der Waals surface area contributed by atoms with Crippen LogP contribution < -0.4 is 9.80 Å². The van der Waals surface area contributed by atoms with Crippen molar-refractivity contribution in [3.8, 4) is 0 Å². The fourth-order valence-electron chi connectivity index (χ4n) is 15.1. The van der Waals surface area contributed by atoms with E-state index in [1.165, 1.54) is 106 Å². The summed E-state index contributed by atoms with van der Waals surface area (Å²) >= 11 is 0. The zero-order valence-electron chi connectivity index (χ0n) is 46.9. The van der Waals surface area contributed by atoms with E-state index < -0.39 is 10.8 Å². The van der Waals surface area contributed by atoms with Crippen LogP contribution in [0.4, 0.5) is 34.1 Å². The molecule has 0 atom stereocenters. The summed E-state index contributed by atoms with van der Waals surface area (Å²) in [6, 6.07) is 116. The second kappa shape index (κ2) is 20.1. The molecule has 0 fully saturated rings. The molecule has 4 aliphatic rings. The summed E-state index contributed by atoms with van der Waals surface area (Å²) in [6.07, 6.45) is 0. The zero-order valence-corrected chi connectivity index (χ0v) is 46.9. The maximum atomic E-state index is 2.44. The number of hydrogen-bond acceptors (Lipinski definition) is 2. The minimum atomic E-state index is -0.529. The number of nitrogens with zero attached hydrogens (tertiary/aromatic N) is 2. The first kappa shape index (κ1) is 50.5. The van der Waals surface area contributed by atoms with Gasteiger partial charge in [-0.3, -0.25) is 0 Å². The molecule has 0 N–H and O–H groups in total. The third kappa shape index (κ3) is 7.07. The van der Waals surface area contributed by atoms with Crippen LogP contribution in [0, 0.1) is 0 Å². The summed E-state index contributed by atoms with van der Waals surface area (Å²) in [6.45, 7) is 8.74. The van der Waals surface area contributed by atoms with E-state index in [2.05, 4.69) is 339 Å². The Labute approximate surface area is 483 Å². The number of fused-ring (bicyclic) bond motifs is 16. The Morgan fingerprint density at radius 3 is 0.671 bits per heavy atom. The SMILES string of the molecule is CC.CC1(C)c2ccccc2C2(c3ccccc3N(c3ccccc3)c3ccccc32)c2ccccc21.c1ccc(N2c3ccccc3C3(c4ccccc42)c2ccccc2C(c2ccccc2)(c2ccccc2)c2ccccc23)cc1. The molecular weight excluding hydrogens is 989 g/mol. The van der Waals surface area contributed by atoms with E-state index in [0.717, 1.165) is 5.69 Å². The third-order valence-corrected chi connectivity index (χ3v) is 18.1. The summed E-state index contributed by atoms with van der Waals surface area (Å²) in [5, 5.41) is 0. The Morgan fingerprint density at radius 2 is 0.390 bits per heavy atom. The van der Waals surface area contributed by atoms with E-state index in [0.29, 0.717) is 0 Å². The summed E-state index contributed by atoms with van der Waals surface area (Å²) in [4.78, 5) is 4.87. The van der Waals surface area contributed by atoms with Gasteiger partial charge >= 0.3 is 0 Å². The van der Waals surface area contributed by atoms with Gasteiger partial charge in [-0.15, -0.1) is 0 Å². The predicted octanol–water partition coefficient (Wildman–Crippen LogP) is 20.1. The molecule has 82 heavy (non-hydrogen) atoms. The minimum Gasteiger partial charge on any atom is -0.310 e. The standard InChI is InChI=1S/C44H31N.C34H27N.C2H6/c1-4-18-32(19-5-1)43(33-20-6-2-7-21-33)35-24-10-12-26-37(35)44(38-27-13-11-25-36(38)43)39-28-14-16-30-41(39)45(34-22-8-3-9-23-34)42-31-17-15-29-40(42)44;1-33(2)25-16-6-8-18-27(25)34(28-19-9-7-17-26(28)33)29-20-10-12-22-31(29)35(24-14-4-3-5-15-24)32-23-13-11-21-30(32)34;1-2/h1-31H;3-23H,1-2H3;1-2H3. The first-order chi connectivity index (χ1) is 40.5. The minimum absolute atomic E-state index is 0.0844. The Bertz CT molecular complexity index is 4060. The van der Waals surface area contributed by atoms with Crippen LogP contribution in [0.1, 0.15) is 106 Å². The maximum absolute atomic E-state index is 2.44. The van der Waals surface area contributed by atoms with E-state index in [4.69, 9.17) is 0 Å². The first-order valence-corrected chi connectivity index (χ1v) is 29.1. The van der Waals surface area contributed by atoms with Crippen LogP contribution in [0.2, 0.25) is 0 Å². The molecular formula is C80H64N2. The van der Waals surface area contributed by atoms with Crippen LogP contribution in [0.15, 0.2) is 315 Å². The van der Waals surface area contributed by atoms with Crippen LogP contribution in [0.3, 0.4) is 0 Å². The Balaban J connectivity index is 0.000000147. The van der Waals surface area contributed by atoms with Gasteiger partial charge in [0.1, 0.15) is 0 Å². The van der Waals surface area contributed by atoms with Crippen molar-refractivity contribution in [2.45, 2.75) is 49.4 Å². The van der Waals surface area contributed by atoms with Crippen molar-refractivity contribution in [3.05, 3.63) is 393 Å². The number of anilines is 6. The van der Waals surface area contributed by atoms with Gasteiger partial charge in [0.25, 0.3) is 0 Å².